The molecule has 0 aliphatic rings. The van der Waals surface area contributed by atoms with Crippen molar-refractivity contribution in [1.82, 2.24) is 4.57 Å². The molecule has 0 saturated carbocycles. The van der Waals surface area contributed by atoms with E-state index in [4.69, 9.17) is 28.3 Å². The number of nitrogens with zero attached hydrogens (tertiary/aromatic N) is 2. The molecule has 1 aromatic carbocycles. The summed E-state index contributed by atoms with van der Waals surface area (Å²) in [7, 11) is 1.91. The summed E-state index contributed by atoms with van der Waals surface area (Å²) in [6, 6.07) is 3.21. The van der Waals surface area contributed by atoms with E-state index in [1.165, 1.54) is 11.3 Å². The second kappa shape index (κ2) is 6.22. The number of aromatic nitrogens is 1. The van der Waals surface area contributed by atoms with Gasteiger partial charge in [0.05, 0.1) is 16.0 Å². The lowest BCUT2D eigenvalue weighted by molar-refractivity contribution is -0.138. The molecule has 0 aliphatic heterocycles. The van der Waals surface area contributed by atoms with E-state index in [0.29, 0.717) is 21.3 Å². The van der Waals surface area contributed by atoms with Crippen LogP contribution in [0.2, 0.25) is 10.0 Å². The van der Waals surface area contributed by atoms with Gasteiger partial charge in [0.25, 0.3) is 0 Å². The molecule has 0 bridgehead atoms. The second-order valence-electron chi connectivity index (χ2n) is 4.72. The van der Waals surface area contributed by atoms with Crippen molar-refractivity contribution in [2.75, 3.05) is 0 Å². The van der Waals surface area contributed by atoms with E-state index in [2.05, 4.69) is 4.99 Å². The predicted octanol–water partition coefficient (Wildman–Crippen LogP) is 4.12. The van der Waals surface area contributed by atoms with E-state index >= 15 is 0 Å². The third-order valence-electron chi connectivity index (χ3n) is 3.27. The van der Waals surface area contributed by atoms with Crippen molar-refractivity contribution >= 4 is 46.2 Å². The van der Waals surface area contributed by atoms with Crippen LogP contribution in [0.3, 0.4) is 0 Å². The van der Waals surface area contributed by atoms with Crippen LogP contribution in [0.15, 0.2) is 22.5 Å². The molecular formula is C14H14Cl2N2O2S. The molecule has 2 rings (SSSR count). The zero-order valence-corrected chi connectivity index (χ0v) is 14.1. The first-order valence-corrected chi connectivity index (χ1v) is 7.82. The Morgan fingerprint density at radius 3 is 2.38 bits per heavy atom. The van der Waals surface area contributed by atoms with Gasteiger partial charge < -0.3 is 9.67 Å². The van der Waals surface area contributed by atoms with Gasteiger partial charge in [0.2, 0.25) is 0 Å². The number of hydrogen-bond donors (Lipinski definition) is 1. The molecule has 0 saturated heterocycles. The van der Waals surface area contributed by atoms with Crippen molar-refractivity contribution in [3.8, 4) is 0 Å². The fraction of sp³-hybridized carbons (Fsp3) is 0.286. The molecule has 1 heterocycles. The number of carboxylic acid groups (broad SMARTS) is 1. The van der Waals surface area contributed by atoms with Crippen molar-refractivity contribution < 1.29 is 9.90 Å². The zero-order chi connectivity index (χ0) is 15.7. The van der Waals surface area contributed by atoms with Gasteiger partial charge in [-0.15, -0.1) is 11.3 Å². The van der Waals surface area contributed by atoms with Crippen LogP contribution in [0, 0.1) is 6.92 Å². The summed E-state index contributed by atoms with van der Waals surface area (Å²) in [6.07, 6.45) is 0. The number of aliphatic carboxylic acids is 1. The van der Waals surface area contributed by atoms with Crippen LogP contribution >= 0.6 is 34.5 Å². The van der Waals surface area contributed by atoms with Gasteiger partial charge in [-0.25, -0.2) is 4.99 Å². The largest absolute Gasteiger partial charge is 0.481 e. The number of halogens is 2. The molecule has 0 spiro atoms. The average molecular weight is 345 g/mol. The van der Waals surface area contributed by atoms with Crippen LogP contribution in [0.25, 0.3) is 0 Å². The van der Waals surface area contributed by atoms with Crippen LogP contribution in [0.4, 0.5) is 5.69 Å². The smallest absolute Gasteiger partial charge is 0.310 e. The second-order valence-corrected chi connectivity index (χ2v) is 6.37. The maximum absolute atomic E-state index is 11.0. The van der Waals surface area contributed by atoms with Crippen LogP contribution in [0.1, 0.15) is 24.1 Å². The number of hydrogen-bond acceptors (Lipinski definition) is 3. The molecule has 112 valence electrons. The summed E-state index contributed by atoms with van der Waals surface area (Å²) < 4.78 is 1.94. The highest BCUT2D eigenvalue weighted by molar-refractivity contribution is 7.07. The van der Waals surface area contributed by atoms with Gasteiger partial charge in [0.1, 0.15) is 5.69 Å². The molecule has 7 heteroatoms. The van der Waals surface area contributed by atoms with Crippen molar-refractivity contribution in [3.63, 3.8) is 0 Å². The minimum atomic E-state index is -0.924. The Bertz CT molecular complexity index is 742. The zero-order valence-electron chi connectivity index (χ0n) is 11.7. The van der Waals surface area contributed by atoms with E-state index in [9.17, 15) is 4.79 Å². The van der Waals surface area contributed by atoms with Gasteiger partial charge in [0.15, 0.2) is 4.80 Å². The van der Waals surface area contributed by atoms with Crippen LogP contribution in [-0.2, 0) is 11.8 Å². The number of carbonyl (C=O) groups is 1. The topological polar surface area (TPSA) is 54.6 Å². The van der Waals surface area contributed by atoms with E-state index < -0.39 is 11.9 Å². The van der Waals surface area contributed by atoms with Gasteiger partial charge in [-0.3, -0.25) is 4.79 Å². The summed E-state index contributed by atoms with van der Waals surface area (Å²) in [5.74, 6) is -1.60. The fourth-order valence-corrected chi connectivity index (χ4v) is 3.20. The molecule has 1 unspecified atom stereocenters. The lowest BCUT2D eigenvalue weighted by atomic mass is 10.0. The van der Waals surface area contributed by atoms with Gasteiger partial charge in [0, 0.05) is 18.1 Å². The molecule has 1 atom stereocenters. The maximum Gasteiger partial charge on any atom is 0.310 e. The average Bonchev–Trinajstić information content (AvgIpc) is 2.73. The Labute approximate surface area is 136 Å². The van der Waals surface area contributed by atoms with E-state index in [-0.39, 0.29) is 0 Å². The molecule has 1 aromatic heterocycles. The van der Waals surface area contributed by atoms with E-state index in [0.717, 1.165) is 10.5 Å². The normalized spacial score (nSPS) is 13.5. The van der Waals surface area contributed by atoms with Crippen molar-refractivity contribution in [3.05, 3.63) is 43.6 Å². The molecular weight excluding hydrogens is 331 g/mol. The fourth-order valence-electron chi connectivity index (χ4n) is 1.73. The molecule has 0 aliphatic carbocycles. The Morgan fingerprint density at radius 2 is 1.95 bits per heavy atom. The van der Waals surface area contributed by atoms with Gasteiger partial charge in [-0.2, -0.15) is 0 Å². The van der Waals surface area contributed by atoms with Crippen LogP contribution in [0.5, 0.6) is 0 Å². The number of aryl methyl sites for hydroxylation is 1. The molecule has 2 aromatic rings. The Kier molecular flexibility index (Phi) is 4.76. The third-order valence-corrected chi connectivity index (χ3v) is 4.88. The Hall–Kier alpha value is -1.30. The summed E-state index contributed by atoms with van der Waals surface area (Å²) >= 11 is 13.9. The molecule has 4 nitrogen and oxygen atoms in total. The first kappa shape index (κ1) is 16.1. The third kappa shape index (κ3) is 3.31. The molecule has 0 radical (unpaired) electrons. The standard InChI is InChI=1S/C14H14Cl2N2O2S/c1-7-6-21-14(18(7)3)17-12-10(15)4-9(5-11(12)16)8(2)13(19)20/h4-6,8H,1-3H3,(H,19,20)/b17-14-. The van der Waals surface area contributed by atoms with Crippen molar-refractivity contribution in [2.45, 2.75) is 19.8 Å². The van der Waals surface area contributed by atoms with Crippen molar-refractivity contribution in [2.24, 2.45) is 12.0 Å². The van der Waals surface area contributed by atoms with Crippen molar-refractivity contribution in [1.29, 1.82) is 0 Å². The highest BCUT2D eigenvalue weighted by atomic mass is 35.5. The summed E-state index contributed by atoms with van der Waals surface area (Å²) in [4.78, 5) is 16.3. The first-order chi connectivity index (χ1) is 9.81. The number of rotatable bonds is 3. The predicted molar refractivity (Wildman–Crippen MR) is 85.8 cm³/mol. The highest BCUT2D eigenvalue weighted by Crippen LogP contribution is 2.36. The van der Waals surface area contributed by atoms with Gasteiger partial charge >= 0.3 is 5.97 Å². The minimum absolute atomic E-state index is 0.344. The summed E-state index contributed by atoms with van der Waals surface area (Å²) in [6.45, 7) is 3.57. The quantitative estimate of drug-likeness (QED) is 0.910. The van der Waals surface area contributed by atoms with E-state index in [1.807, 2.05) is 23.9 Å². The molecule has 1 N–H and O–H groups in total. The molecule has 0 fully saturated rings. The SMILES string of the molecule is Cc1cs/c(=N\c2c(Cl)cc(C(C)C(=O)O)cc2Cl)n1C. The van der Waals surface area contributed by atoms with Crippen LogP contribution < -0.4 is 4.80 Å². The van der Waals surface area contributed by atoms with Gasteiger partial charge in [-0.1, -0.05) is 23.2 Å². The lowest BCUT2D eigenvalue weighted by Crippen LogP contribution is -2.11. The maximum atomic E-state index is 11.0. The Balaban J connectivity index is 2.55. The van der Waals surface area contributed by atoms with Crippen LogP contribution in [-0.4, -0.2) is 15.6 Å². The van der Waals surface area contributed by atoms with E-state index in [1.54, 1.807) is 19.1 Å². The molecule has 0 amide bonds. The molecule has 21 heavy (non-hydrogen) atoms. The monoisotopic (exact) mass is 344 g/mol. The number of carboxylic acids is 1. The number of thiazole rings is 1. The lowest BCUT2D eigenvalue weighted by Gasteiger charge is -2.10. The summed E-state index contributed by atoms with van der Waals surface area (Å²) in [5, 5.41) is 11.7. The summed E-state index contributed by atoms with van der Waals surface area (Å²) in [5.41, 5.74) is 2.10. The Morgan fingerprint density at radius 1 is 1.38 bits per heavy atom. The van der Waals surface area contributed by atoms with Gasteiger partial charge in [-0.05, 0) is 31.5 Å². The first-order valence-electron chi connectivity index (χ1n) is 6.19. The highest BCUT2D eigenvalue weighted by Gasteiger charge is 2.17. The minimum Gasteiger partial charge on any atom is -0.481 e. The number of benzene rings is 1.